The Morgan fingerprint density at radius 1 is 0.443 bits per heavy atom. The van der Waals surface area contributed by atoms with Gasteiger partial charge in [-0.2, -0.15) is 0 Å². The highest BCUT2D eigenvalue weighted by Crippen LogP contribution is 2.57. The van der Waals surface area contributed by atoms with Gasteiger partial charge in [-0.25, -0.2) is 0 Å². The van der Waals surface area contributed by atoms with Crippen LogP contribution in [0.5, 0.6) is 0 Å². The average Bonchev–Trinajstić information content (AvgIpc) is 3.86. The molecule has 0 saturated carbocycles. The van der Waals surface area contributed by atoms with Crippen LogP contribution >= 0.6 is 0 Å². The van der Waals surface area contributed by atoms with Gasteiger partial charge in [-0.3, -0.25) is 0 Å². The topological polar surface area (TPSA) is 16.4 Å². The molecule has 2 heteroatoms. The van der Waals surface area contributed by atoms with Crippen LogP contribution in [0.2, 0.25) is 0 Å². The molecule has 0 aliphatic heterocycles. The van der Waals surface area contributed by atoms with Gasteiger partial charge in [-0.15, -0.1) is 0 Å². The van der Waals surface area contributed by atoms with E-state index in [4.69, 9.17) is 4.42 Å². The number of benzene rings is 9. The van der Waals surface area contributed by atoms with Gasteiger partial charge in [-0.1, -0.05) is 188 Å². The predicted octanol–water partition coefficient (Wildman–Crippen LogP) is 15.5. The summed E-state index contributed by atoms with van der Waals surface area (Å²) >= 11 is 0. The lowest BCUT2D eigenvalue weighted by molar-refractivity contribution is 0.669. The maximum absolute atomic E-state index is 6.29. The zero-order valence-corrected chi connectivity index (χ0v) is 33.6. The predicted molar refractivity (Wildman–Crippen MR) is 255 cm³/mol. The Labute approximate surface area is 356 Å². The molecule has 0 spiro atoms. The van der Waals surface area contributed by atoms with E-state index in [2.05, 4.69) is 235 Å². The van der Waals surface area contributed by atoms with E-state index in [0.29, 0.717) is 0 Å². The summed E-state index contributed by atoms with van der Waals surface area (Å²) in [6.07, 6.45) is 9.89. The van der Waals surface area contributed by atoms with E-state index in [1.54, 1.807) is 0 Å². The molecule has 2 aliphatic carbocycles. The third-order valence-corrected chi connectivity index (χ3v) is 13.1. The molecular formula is C59H41NO. The van der Waals surface area contributed by atoms with Crippen molar-refractivity contribution in [1.82, 2.24) is 0 Å². The molecule has 0 radical (unpaired) electrons. The fourth-order valence-corrected chi connectivity index (χ4v) is 10.3. The highest BCUT2D eigenvalue weighted by molar-refractivity contribution is 6.19. The summed E-state index contributed by atoms with van der Waals surface area (Å²) < 4.78 is 6.29. The first-order chi connectivity index (χ1) is 30.2. The molecule has 0 saturated heterocycles. The van der Waals surface area contributed by atoms with Crippen molar-refractivity contribution in [1.29, 1.82) is 0 Å². The van der Waals surface area contributed by atoms with Crippen molar-refractivity contribution >= 4 is 44.1 Å². The van der Waals surface area contributed by atoms with Gasteiger partial charge in [0.2, 0.25) is 0 Å². The summed E-state index contributed by atoms with van der Waals surface area (Å²) in [5.74, 6) is 0. The SMILES string of the molecule is C1=CCC(N(c2ccc(-c3ccc(-c4ccc5oc6ccc7ccccc7c6c5c4)cc3)cc2)c2ccc3c(c2)C(c2ccccc2)(c2ccccc2)c2ccccc2-3)C=C1. The van der Waals surface area contributed by atoms with Crippen molar-refractivity contribution in [3.63, 3.8) is 0 Å². The average molecular weight is 780 g/mol. The van der Waals surface area contributed by atoms with Gasteiger partial charge in [0.1, 0.15) is 11.2 Å². The van der Waals surface area contributed by atoms with Crippen molar-refractivity contribution < 1.29 is 4.42 Å². The Kier molecular flexibility index (Phi) is 8.24. The first-order valence-corrected chi connectivity index (χ1v) is 21.3. The second kappa shape index (κ2) is 14.3. The van der Waals surface area contributed by atoms with E-state index in [0.717, 1.165) is 23.0 Å². The minimum atomic E-state index is -0.457. The minimum absolute atomic E-state index is 0.169. The van der Waals surface area contributed by atoms with E-state index >= 15 is 0 Å². The van der Waals surface area contributed by atoms with Crippen molar-refractivity contribution in [2.75, 3.05) is 4.90 Å². The van der Waals surface area contributed by atoms with Gasteiger partial charge in [0.25, 0.3) is 0 Å². The maximum Gasteiger partial charge on any atom is 0.136 e. The van der Waals surface area contributed by atoms with E-state index in [9.17, 15) is 0 Å². The van der Waals surface area contributed by atoms with Crippen molar-refractivity contribution in [3.8, 4) is 33.4 Å². The Morgan fingerprint density at radius 2 is 1.05 bits per heavy atom. The Hall–Kier alpha value is -7.68. The van der Waals surface area contributed by atoms with Crippen LogP contribution in [-0.2, 0) is 5.41 Å². The lowest BCUT2D eigenvalue weighted by atomic mass is 9.67. The summed E-state index contributed by atoms with van der Waals surface area (Å²) in [6.45, 7) is 0. The number of hydrogen-bond acceptors (Lipinski definition) is 2. The molecule has 1 unspecified atom stereocenters. The lowest BCUT2D eigenvalue weighted by Crippen LogP contribution is -2.31. The molecule has 0 amide bonds. The molecule has 0 bridgehead atoms. The molecule has 2 aliphatic rings. The van der Waals surface area contributed by atoms with Crippen molar-refractivity contribution in [2.24, 2.45) is 0 Å². The van der Waals surface area contributed by atoms with Gasteiger partial charge in [0, 0.05) is 22.1 Å². The Morgan fingerprint density at radius 3 is 1.79 bits per heavy atom. The summed E-state index contributed by atoms with van der Waals surface area (Å²) in [7, 11) is 0. The van der Waals surface area contributed by atoms with E-state index in [1.165, 1.54) is 83.2 Å². The van der Waals surface area contributed by atoms with Gasteiger partial charge >= 0.3 is 0 Å². The highest BCUT2D eigenvalue weighted by Gasteiger charge is 2.46. The fraction of sp³-hybridized carbons (Fsp3) is 0.0508. The highest BCUT2D eigenvalue weighted by atomic mass is 16.3. The van der Waals surface area contributed by atoms with Crippen LogP contribution in [0.15, 0.2) is 235 Å². The van der Waals surface area contributed by atoms with Crippen LogP contribution in [0.25, 0.3) is 66.1 Å². The smallest absolute Gasteiger partial charge is 0.136 e. The van der Waals surface area contributed by atoms with Crippen molar-refractivity contribution in [3.05, 3.63) is 253 Å². The van der Waals surface area contributed by atoms with E-state index in [1.807, 2.05) is 0 Å². The molecule has 61 heavy (non-hydrogen) atoms. The van der Waals surface area contributed by atoms with Crippen LogP contribution in [0, 0.1) is 0 Å². The molecule has 0 fully saturated rings. The molecule has 288 valence electrons. The molecule has 1 aromatic heterocycles. The summed E-state index contributed by atoms with van der Waals surface area (Å²) in [5.41, 5.74) is 16.2. The van der Waals surface area contributed by atoms with Crippen LogP contribution in [0.3, 0.4) is 0 Å². The van der Waals surface area contributed by atoms with Gasteiger partial charge in [-0.05, 0) is 115 Å². The molecule has 12 rings (SSSR count). The molecular weight excluding hydrogens is 739 g/mol. The van der Waals surface area contributed by atoms with Crippen LogP contribution in [-0.4, -0.2) is 6.04 Å². The zero-order chi connectivity index (χ0) is 40.3. The number of rotatable bonds is 7. The van der Waals surface area contributed by atoms with Gasteiger partial charge in [0.05, 0.1) is 11.5 Å². The standard InChI is InChI=1S/C59H41NO/c1-4-15-45(16-5-1)59(46-17-6-2-7-18-46)54-23-13-12-22-51(54)52-35-34-49(39-55(52)59)60(47-19-8-3-9-20-47)48-32-28-41(29-33-48)40-24-26-42(27-25-40)44-31-36-56-53(38-44)58-50-21-11-10-14-43(50)30-37-57(58)61-56/h1-19,21-39,47H,20H2. The van der Waals surface area contributed by atoms with E-state index < -0.39 is 5.41 Å². The molecule has 1 heterocycles. The van der Waals surface area contributed by atoms with Gasteiger partial charge in [0.15, 0.2) is 0 Å². The first kappa shape index (κ1) is 35.3. The second-order valence-corrected chi connectivity index (χ2v) is 16.3. The third kappa shape index (κ3) is 5.64. The number of anilines is 2. The molecule has 10 aromatic rings. The first-order valence-electron chi connectivity index (χ1n) is 21.3. The number of hydrogen-bond donors (Lipinski definition) is 0. The summed E-state index contributed by atoms with van der Waals surface area (Å²) in [4.78, 5) is 2.52. The number of allylic oxidation sites excluding steroid dienone is 2. The Balaban J connectivity index is 0.918. The molecule has 9 aromatic carbocycles. The quantitative estimate of drug-likeness (QED) is 0.160. The molecule has 2 nitrogen and oxygen atoms in total. The number of fused-ring (bicyclic) bond motifs is 8. The van der Waals surface area contributed by atoms with Crippen molar-refractivity contribution in [2.45, 2.75) is 17.9 Å². The fourth-order valence-electron chi connectivity index (χ4n) is 10.3. The number of nitrogens with zero attached hydrogens (tertiary/aromatic N) is 1. The normalized spacial score (nSPS) is 15.0. The largest absolute Gasteiger partial charge is 0.456 e. The van der Waals surface area contributed by atoms with Crippen LogP contribution in [0.1, 0.15) is 28.7 Å². The maximum atomic E-state index is 6.29. The third-order valence-electron chi connectivity index (χ3n) is 13.1. The number of furan rings is 1. The summed E-state index contributed by atoms with van der Waals surface area (Å²) in [5, 5.41) is 4.77. The minimum Gasteiger partial charge on any atom is -0.456 e. The monoisotopic (exact) mass is 779 g/mol. The van der Waals surface area contributed by atoms with Crippen LogP contribution < -0.4 is 4.90 Å². The van der Waals surface area contributed by atoms with E-state index in [-0.39, 0.29) is 6.04 Å². The molecule has 1 atom stereocenters. The van der Waals surface area contributed by atoms with Gasteiger partial charge < -0.3 is 9.32 Å². The zero-order valence-electron chi connectivity index (χ0n) is 33.6. The summed E-state index contributed by atoms with van der Waals surface area (Å²) in [6, 6.07) is 75.9. The lowest BCUT2D eigenvalue weighted by Gasteiger charge is -2.36. The molecule has 0 N–H and O–H groups in total. The van der Waals surface area contributed by atoms with Crippen LogP contribution in [0.4, 0.5) is 11.4 Å². The second-order valence-electron chi connectivity index (χ2n) is 16.3. The Bertz CT molecular complexity index is 3280.